The predicted octanol–water partition coefficient (Wildman–Crippen LogP) is 17.7. The summed E-state index contributed by atoms with van der Waals surface area (Å²) in [7, 11) is 0. The van der Waals surface area contributed by atoms with Gasteiger partial charge in [-0.2, -0.15) is 18.2 Å². The van der Waals surface area contributed by atoms with E-state index in [4.69, 9.17) is 22.4 Å². The molecule has 0 unspecified atom stereocenters. The Balaban J connectivity index is 0.00000364. The van der Waals surface area contributed by atoms with Gasteiger partial charge in [0.15, 0.2) is 0 Å². The van der Waals surface area contributed by atoms with Crippen molar-refractivity contribution in [2.75, 3.05) is 0 Å². The number of para-hydroxylation sites is 4. The summed E-state index contributed by atoms with van der Waals surface area (Å²) in [6, 6.07) is 54.6. The average molecular weight is 1210 g/mol. The third-order valence-corrected chi connectivity index (χ3v) is 14.5. The Morgan fingerprint density at radius 2 is 1.19 bits per heavy atom. The van der Waals surface area contributed by atoms with Gasteiger partial charge in [-0.05, 0) is 98.9 Å². The van der Waals surface area contributed by atoms with E-state index in [1.54, 1.807) is 33.4 Å². The van der Waals surface area contributed by atoms with Crippen LogP contribution in [0.3, 0.4) is 0 Å². The van der Waals surface area contributed by atoms with Crippen LogP contribution in [-0.2, 0) is 26.5 Å². The minimum Gasteiger partial charge on any atom is -0.510 e. The molecule has 380 valence electrons. The molecule has 0 spiro atoms. The van der Waals surface area contributed by atoms with Gasteiger partial charge in [0.2, 0.25) is 0 Å². The maximum atomic E-state index is 9.23. The molecular formula is C71H50N5O2Pt+. The third kappa shape index (κ3) is 8.06. The summed E-state index contributed by atoms with van der Waals surface area (Å²) in [6.45, 7) is 6.54. The van der Waals surface area contributed by atoms with Gasteiger partial charge in [-0.25, -0.2) is 4.98 Å². The molecule has 0 aliphatic heterocycles. The van der Waals surface area contributed by atoms with E-state index in [9.17, 15) is 5.48 Å². The van der Waals surface area contributed by atoms with E-state index in [1.807, 2.05) is 66.9 Å². The van der Waals surface area contributed by atoms with Crippen LogP contribution in [0.2, 0.25) is 0 Å². The first kappa shape index (κ1) is 39.1. The minimum atomic E-state index is -0.592. The largest absolute Gasteiger partial charge is 4.00 e. The molecule has 0 bridgehead atoms. The molecule has 0 atom stereocenters. The number of hydrogen-bond acceptors (Lipinski definition) is 3. The number of rotatable bonds is 8. The number of benzene rings is 10. The number of imidazole rings is 1. The van der Waals surface area contributed by atoms with Crippen molar-refractivity contribution in [1.29, 1.82) is 0 Å². The molecule has 5 heterocycles. The van der Waals surface area contributed by atoms with Crippen molar-refractivity contribution in [2.24, 2.45) is 0 Å². The summed E-state index contributed by atoms with van der Waals surface area (Å²) in [5.74, 6) is 1.43. The fourth-order valence-corrected chi connectivity index (χ4v) is 11.0. The van der Waals surface area contributed by atoms with Gasteiger partial charge in [0.25, 0.3) is 6.33 Å². The zero-order valence-corrected chi connectivity index (χ0v) is 45.3. The molecule has 8 heteroatoms. The monoisotopic (exact) mass is 1210 g/mol. The fourth-order valence-electron chi connectivity index (χ4n) is 11.0. The topological polar surface area (TPSA) is 53.9 Å². The van der Waals surface area contributed by atoms with Gasteiger partial charge >= 0.3 is 21.1 Å². The van der Waals surface area contributed by atoms with Crippen molar-refractivity contribution in [3.63, 3.8) is 0 Å². The molecule has 0 aliphatic rings. The van der Waals surface area contributed by atoms with Crippen LogP contribution in [0.1, 0.15) is 40.0 Å². The van der Waals surface area contributed by atoms with Crippen LogP contribution in [0.4, 0.5) is 0 Å². The first-order valence-corrected chi connectivity index (χ1v) is 25.2. The molecule has 15 aromatic rings. The summed E-state index contributed by atoms with van der Waals surface area (Å²) in [5, 5.41) is 5.82. The molecule has 0 saturated heterocycles. The molecule has 7 nitrogen and oxygen atoms in total. The van der Waals surface area contributed by atoms with E-state index >= 15 is 0 Å². The van der Waals surface area contributed by atoms with Crippen LogP contribution in [0.25, 0.3) is 122 Å². The predicted molar refractivity (Wildman–Crippen MR) is 318 cm³/mol. The average Bonchev–Trinajstić information content (AvgIpc) is 1.64. The smallest absolute Gasteiger partial charge is 0.510 e. The second-order valence-electron chi connectivity index (χ2n) is 20.0. The van der Waals surface area contributed by atoms with E-state index in [1.165, 1.54) is 0 Å². The van der Waals surface area contributed by atoms with Crippen LogP contribution in [0.5, 0.6) is 11.5 Å². The molecule has 0 amide bonds. The van der Waals surface area contributed by atoms with Gasteiger partial charge in [-0.15, -0.1) is 24.3 Å². The first-order chi connectivity index (χ1) is 42.0. The van der Waals surface area contributed by atoms with Crippen molar-refractivity contribution in [3.05, 3.63) is 262 Å². The summed E-state index contributed by atoms with van der Waals surface area (Å²) in [5.41, 5.74) is 8.26. The third-order valence-electron chi connectivity index (χ3n) is 14.5. The van der Waals surface area contributed by atoms with Gasteiger partial charge in [-0.3, -0.25) is 4.57 Å². The van der Waals surface area contributed by atoms with Gasteiger partial charge in [-0.1, -0.05) is 171 Å². The maximum absolute atomic E-state index is 9.23. The van der Waals surface area contributed by atoms with Crippen LogP contribution in [0.15, 0.2) is 235 Å². The zero-order valence-electron chi connectivity index (χ0n) is 53.0. The number of pyridine rings is 1. The Hall–Kier alpha value is -9.29. The van der Waals surface area contributed by atoms with Crippen LogP contribution < -0.4 is 9.30 Å². The van der Waals surface area contributed by atoms with E-state index in [2.05, 4.69) is 127 Å². The van der Waals surface area contributed by atoms with Crippen molar-refractivity contribution in [3.8, 4) is 56.6 Å². The van der Waals surface area contributed by atoms with Crippen molar-refractivity contribution in [2.45, 2.75) is 26.2 Å². The Morgan fingerprint density at radius 3 is 1.90 bits per heavy atom. The van der Waals surface area contributed by atoms with Crippen molar-refractivity contribution < 1.29 is 48.5 Å². The van der Waals surface area contributed by atoms with E-state index in [0.29, 0.717) is 39.4 Å². The molecule has 79 heavy (non-hydrogen) atoms. The molecular weight excluding hydrogens is 1150 g/mol. The van der Waals surface area contributed by atoms with E-state index in [-0.39, 0.29) is 61.8 Å². The molecule has 10 aromatic carbocycles. The normalized spacial score (nSPS) is 13.6. The molecule has 15 rings (SSSR count). The second kappa shape index (κ2) is 19.3. The molecule has 0 fully saturated rings. The van der Waals surface area contributed by atoms with Crippen molar-refractivity contribution >= 4 is 76.6 Å². The quantitative estimate of drug-likeness (QED) is 0.113. The Morgan fingerprint density at radius 1 is 0.557 bits per heavy atom. The van der Waals surface area contributed by atoms with Crippen LogP contribution >= 0.6 is 0 Å². The van der Waals surface area contributed by atoms with Gasteiger partial charge in [0.1, 0.15) is 17.0 Å². The number of aromatic nitrogens is 5. The molecule has 5 aromatic heterocycles. The SMILES string of the molecule is [2H]c1c([2H])c([2H])c(-c2cccc(-c3c([2H])c([2H])c([2H])c([2H])c3[2H])c2-[n+]2[c-]n(-c3[c-]c(Oc4[c-]c5c(cc4)c4c(-n6c7ccccc7c7ccccc76)cccc4n5-c4cc(C(C)(C)C)ccn4)ccc3)c3cc4c(cc32)oc2ccccc24)c([2H])c1[2H].[CH3-].[Pt+4]. The van der Waals surface area contributed by atoms with Crippen molar-refractivity contribution in [1.82, 2.24) is 18.7 Å². The van der Waals surface area contributed by atoms with Crippen LogP contribution in [-0.4, -0.2) is 18.7 Å². The molecule has 0 radical (unpaired) electrons. The molecule has 0 saturated carbocycles. The minimum absolute atomic E-state index is 0. The summed E-state index contributed by atoms with van der Waals surface area (Å²) in [6.07, 6.45) is 5.35. The second-order valence-corrected chi connectivity index (χ2v) is 20.0. The van der Waals surface area contributed by atoms with Gasteiger partial charge in [0, 0.05) is 50.4 Å². The number of nitrogens with zero attached hydrogens (tertiary/aromatic N) is 5. The van der Waals surface area contributed by atoms with E-state index in [0.717, 1.165) is 71.5 Å². The zero-order chi connectivity index (χ0) is 60.1. The first-order valence-electron chi connectivity index (χ1n) is 30.2. The number of furan rings is 1. The van der Waals surface area contributed by atoms with E-state index < -0.39 is 60.4 Å². The maximum Gasteiger partial charge on any atom is 4.00 e. The molecule has 0 N–H and O–H groups in total. The van der Waals surface area contributed by atoms with Crippen LogP contribution in [0, 0.1) is 25.9 Å². The molecule has 0 aliphatic carbocycles. The Labute approximate surface area is 486 Å². The standard InChI is InChI=1S/C70H47N5O2.CH3.Pt/c1-70(2,3)47-37-38-71-67(39-47)75-61-33-18-32-60(74-58-30-13-10-25-53(58)54-26-11-14-31-59(54)74)68(61)56-36-35-50(41-62(56)75)76-49-24-16-23-48(40-49)72-44-73(64-43-66-57(42-63(64)72)55-27-12-15-34-65(55)77-66)69-51(45-19-6-4-7-20-45)28-17-29-52(69)46-21-8-5-9-22-46;;/h4-39,42-43H,1-3H3;1H3;/q-2;-1;+4/i4D,5D,6D,7D,8D,9D,19D,20D,21D,22D;;. The fraction of sp³-hybridized carbons (Fsp3) is 0.0563. The number of hydrogen-bond donors (Lipinski definition) is 0. The summed E-state index contributed by atoms with van der Waals surface area (Å²) in [4.78, 5) is 5.00. The Bertz CT molecular complexity index is 5270. The number of fused-ring (bicyclic) bond motifs is 10. The van der Waals surface area contributed by atoms with Gasteiger partial charge < -0.3 is 30.3 Å². The summed E-state index contributed by atoms with van der Waals surface area (Å²) >= 11 is 0. The van der Waals surface area contributed by atoms with Gasteiger partial charge in [0.05, 0.1) is 41.5 Å². The Kier molecular flexibility index (Phi) is 9.57. The number of ether oxygens (including phenoxy) is 1. The summed E-state index contributed by atoms with van der Waals surface area (Å²) < 4.78 is 110.